The lowest BCUT2D eigenvalue weighted by Crippen LogP contribution is -2.37. The van der Waals surface area contributed by atoms with Gasteiger partial charge in [-0.15, -0.1) is 0 Å². The molecule has 0 unspecified atom stereocenters. The van der Waals surface area contributed by atoms with E-state index in [-0.39, 0.29) is 12.4 Å². The summed E-state index contributed by atoms with van der Waals surface area (Å²) in [6.07, 6.45) is 3.77. The Morgan fingerprint density at radius 1 is 1.23 bits per heavy atom. The molecule has 1 fully saturated rings. The fourth-order valence-electron chi connectivity index (χ4n) is 3.21. The van der Waals surface area contributed by atoms with E-state index >= 15 is 0 Å². The first-order valence-electron chi connectivity index (χ1n) is 8.65. The average Bonchev–Trinajstić information content (AvgIpc) is 3.18. The number of nitrogens with zero attached hydrogens (tertiary/aromatic N) is 4. The molecule has 1 N–H and O–H groups in total. The minimum Gasteiger partial charge on any atom is -0.396 e. The molecule has 0 bridgehead atoms. The summed E-state index contributed by atoms with van der Waals surface area (Å²) in [4.78, 5) is 10.9. The van der Waals surface area contributed by atoms with E-state index in [1.165, 1.54) is 6.07 Å². The number of piperidine rings is 1. The predicted octanol–water partition coefficient (Wildman–Crippen LogP) is 3.15. The molecule has 7 heteroatoms. The maximum atomic E-state index is 13.8. The second kappa shape index (κ2) is 7.21. The van der Waals surface area contributed by atoms with Gasteiger partial charge in [-0.25, -0.2) is 9.37 Å². The summed E-state index contributed by atoms with van der Waals surface area (Å²) in [7, 11) is 0. The van der Waals surface area contributed by atoms with Gasteiger partial charge in [0.15, 0.2) is 0 Å². The highest BCUT2D eigenvalue weighted by atomic mass is 19.1. The van der Waals surface area contributed by atoms with E-state index in [1.54, 1.807) is 24.4 Å². The Hall–Kier alpha value is -2.80. The Bertz CT molecular complexity index is 881. The van der Waals surface area contributed by atoms with E-state index < -0.39 is 5.82 Å². The van der Waals surface area contributed by atoms with Crippen LogP contribution in [0.3, 0.4) is 0 Å². The Morgan fingerprint density at radius 3 is 2.88 bits per heavy atom. The van der Waals surface area contributed by atoms with Crippen molar-refractivity contribution < 1.29 is 14.0 Å². The molecule has 4 rings (SSSR count). The van der Waals surface area contributed by atoms with Gasteiger partial charge in [-0.3, -0.25) is 0 Å². The number of anilines is 1. The van der Waals surface area contributed by atoms with E-state index in [0.717, 1.165) is 31.7 Å². The van der Waals surface area contributed by atoms with Crippen molar-refractivity contribution in [2.75, 3.05) is 24.6 Å². The smallest absolute Gasteiger partial charge is 0.259 e. The van der Waals surface area contributed by atoms with Crippen LogP contribution in [0.4, 0.5) is 10.2 Å². The van der Waals surface area contributed by atoms with E-state index in [1.807, 2.05) is 12.1 Å². The number of rotatable bonds is 4. The molecule has 26 heavy (non-hydrogen) atoms. The van der Waals surface area contributed by atoms with Gasteiger partial charge in [0.05, 0.1) is 11.1 Å². The molecule has 1 aliphatic rings. The molecule has 0 amide bonds. The number of aromatic nitrogens is 3. The molecule has 2 aromatic heterocycles. The maximum absolute atomic E-state index is 13.8. The lowest BCUT2D eigenvalue weighted by molar-refractivity contribution is 0.208. The van der Waals surface area contributed by atoms with Crippen molar-refractivity contribution in [3.63, 3.8) is 0 Å². The minimum absolute atomic E-state index is 0.204. The first-order valence-corrected chi connectivity index (χ1v) is 8.65. The first kappa shape index (κ1) is 16.7. The van der Waals surface area contributed by atoms with Crippen LogP contribution in [0.5, 0.6) is 0 Å². The van der Waals surface area contributed by atoms with Gasteiger partial charge in [0.2, 0.25) is 5.82 Å². The summed E-state index contributed by atoms with van der Waals surface area (Å²) < 4.78 is 19.1. The number of aliphatic hydroxyl groups is 1. The summed E-state index contributed by atoms with van der Waals surface area (Å²) in [5.74, 6) is 1.28. The Labute approximate surface area is 150 Å². The van der Waals surface area contributed by atoms with Crippen LogP contribution in [0.25, 0.3) is 22.8 Å². The van der Waals surface area contributed by atoms with Crippen LogP contribution >= 0.6 is 0 Å². The Morgan fingerprint density at radius 2 is 2.12 bits per heavy atom. The maximum Gasteiger partial charge on any atom is 0.259 e. The van der Waals surface area contributed by atoms with Gasteiger partial charge in [-0.2, -0.15) is 4.98 Å². The molecular formula is C19H19FN4O2. The van der Waals surface area contributed by atoms with Gasteiger partial charge in [-0.05, 0) is 43.0 Å². The Balaban J connectivity index is 1.53. The van der Waals surface area contributed by atoms with Crippen LogP contribution in [0, 0.1) is 11.7 Å². The third-order valence-corrected chi connectivity index (χ3v) is 4.64. The quantitative estimate of drug-likeness (QED) is 0.776. The molecule has 6 nitrogen and oxygen atoms in total. The van der Waals surface area contributed by atoms with E-state index in [0.29, 0.717) is 22.9 Å². The molecule has 0 aliphatic carbocycles. The molecular weight excluding hydrogens is 335 g/mol. The highest BCUT2D eigenvalue weighted by Gasteiger charge is 2.20. The summed E-state index contributed by atoms with van der Waals surface area (Å²) in [6.45, 7) is 1.94. The van der Waals surface area contributed by atoms with E-state index in [2.05, 4.69) is 20.0 Å². The van der Waals surface area contributed by atoms with Crippen LogP contribution in [0.1, 0.15) is 12.8 Å². The SMILES string of the molecule is OC[C@@H]1CCCN(c2ccc(-c3nc(-c4ccccc4F)no3)cn2)C1. The van der Waals surface area contributed by atoms with Crippen molar-refractivity contribution in [3.8, 4) is 22.8 Å². The molecule has 1 aliphatic heterocycles. The third-order valence-electron chi connectivity index (χ3n) is 4.64. The van der Waals surface area contributed by atoms with Crippen LogP contribution in [-0.4, -0.2) is 39.9 Å². The summed E-state index contributed by atoms with van der Waals surface area (Å²) in [5.41, 5.74) is 0.981. The fraction of sp³-hybridized carbons (Fsp3) is 0.316. The number of aliphatic hydroxyl groups excluding tert-OH is 1. The van der Waals surface area contributed by atoms with E-state index in [4.69, 9.17) is 4.52 Å². The van der Waals surface area contributed by atoms with Crippen molar-refractivity contribution in [1.82, 2.24) is 15.1 Å². The zero-order valence-electron chi connectivity index (χ0n) is 14.2. The van der Waals surface area contributed by atoms with Crippen molar-refractivity contribution in [3.05, 3.63) is 48.4 Å². The van der Waals surface area contributed by atoms with Gasteiger partial charge in [0.25, 0.3) is 5.89 Å². The molecule has 3 heterocycles. The standard InChI is InChI=1S/C19H19FN4O2/c20-16-6-2-1-5-15(16)18-22-19(26-23-18)14-7-8-17(21-10-14)24-9-3-4-13(11-24)12-25/h1-2,5-8,10,13,25H,3-4,9,11-12H2/t13-/m1/s1. The number of hydrogen-bond donors (Lipinski definition) is 1. The molecule has 0 spiro atoms. The zero-order valence-corrected chi connectivity index (χ0v) is 14.2. The normalized spacial score (nSPS) is 17.5. The number of pyridine rings is 1. The zero-order chi connectivity index (χ0) is 17.9. The summed E-state index contributed by atoms with van der Waals surface area (Å²) in [5, 5.41) is 13.2. The minimum atomic E-state index is -0.392. The molecule has 0 radical (unpaired) electrons. The second-order valence-corrected chi connectivity index (χ2v) is 6.44. The average molecular weight is 354 g/mol. The summed E-state index contributed by atoms with van der Waals surface area (Å²) in [6, 6.07) is 10.1. The number of halogens is 1. The van der Waals surface area contributed by atoms with Crippen molar-refractivity contribution in [1.29, 1.82) is 0 Å². The highest BCUT2D eigenvalue weighted by molar-refractivity contribution is 5.60. The van der Waals surface area contributed by atoms with E-state index in [9.17, 15) is 9.50 Å². The second-order valence-electron chi connectivity index (χ2n) is 6.44. The lowest BCUT2D eigenvalue weighted by atomic mass is 9.99. The van der Waals surface area contributed by atoms with Gasteiger partial charge in [0, 0.05) is 25.9 Å². The highest BCUT2D eigenvalue weighted by Crippen LogP contribution is 2.26. The molecule has 134 valence electrons. The number of benzene rings is 1. The topological polar surface area (TPSA) is 75.3 Å². The summed E-state index contributed by atoms with van der Waals surface area (Å²) >= 11 is 0. The van der Waals surface area contributed by atoms with Crippen molar-refractivity contribution >= 4 is 5.82 Å². The predicted molar refractivity (Wildman–Crippen MR) is 94.9 cm³/mol. The van der Waals surface area contributed by atoms with Crippen molar-refractivity contribution in [2.45, 2.75) is 12.8 Å². The fourth-order valence-corrected chi connectivity index (χ4v) is 3.21. The van der Waals surface area contributed by atoms with Crippen LogP contribution in [0.2, 0.25) is 0 Å². The van der Waals surface area contributed by atoms with Gasteiger partial charge in [0.1, 0.15) is 11.6 Å². The molecule has 1 aromatic carbocycles. The first-order chi connectivity index (χ1) is 12.7. The molecule has 1 saturated heterocycles. The van der Waals surface area contributed by atoms with Crippen LogP contribution in [0.15, 0.2) is 47.1 Å². The van der Waals surface area contributed by atoms with Gasteiger partial charge < -0.3 is 14.5 Å². The third kappa shape index (κ3) is 3.30. The monoisotopic (exact) mass is 354 g/mol. The lowest BCUT2D eigenvalue weighted by Gasteiger charge is -2.32. The van der Waals surface area contributed by atoms with Crippen LogP contribution in [-0.2, 0) is 0 Å². The Kier molecular flexibility index (Phi) is 4.62. The van der Waals surface area contributed by atoms with Crippen LogP contribution < -0.4 is 4.90 Å². The molecule has 1 atom stereocenters. The van der Waals surface area contributed by atoms with Gasteiger partial charge >= 0.3 is 0 Å². The van der Waals surface area contributed by atoms with Gasteiger partial charge in [-0.1, -0.05) is 17.3 Å². The largest absolute Gasteiger partial charge is 0.396 e. The molecule has 3 aromatic rings. The number of hydrogen-bond acceptors (Lipinski definition) is 6. The van der Waals surface area contributed by atoms with Crippen molar-refractivity contribution in [2.24, 2.45) is 5.92 Å². The molecule has 0 saturated carbocycles.